The Morgan fingerprint density at radius 3 is 2.62 bits per heavy atom. The van der Waals surface area contributed by atoms with Gasteiger partial charge in [-0.3, -0.25) is 4.90 Å². The average molecular weight is 561 g/mol. The maximum atomic E-state index is 13.4. The number of likely N-dealkylation sites (tertiary alicyclic amines) is 1. The van der Waals surface area contributed by atoms with Crippen LogP contribution in [0.2, 0.25) is 0 Å². The normalized spacial score (nSPS) is 30.5. The Morgan fingerprint density at radius 2 is 1.82 bits per heavy atom. The Balaban J connectivity index is 1.23. The zero-order valence-electron chi connectivity index (χ0n) is 22.7. The van der Waals surface area contributed by atoms with Gasteiger partial charge in [-0.25, -0.2) is 13.1 Å². The predicted octanol–water partition coefficient (Wildman–Crippen LogP) is 3.59. The standard InChI is InChI=1S/C32H36N2O5S/c1-21-7-5-6-10-24(21)20-40(37,38)33-25-13-15-32(36)27-19-23-11-12-26(35)29-28(23)31(32,30(25)39-29)16-18-34(27)17-14-22-8-3-2-4-9-22/h2-12,25,27,30,33,35-36H,13-20H2,1H3/t25-,27-,30+,31+,32-/m1/s1. The Kier molecular flexibility index (Phi) is 6.06. The van der Waals surface area contributed by atoms with Gasteiger partial charge in [0.15, 0.2) is 11.5 Å². The van der Waals surface area contributed by atoms with Crippen molar-refractivity contribution in [3.8, 4) is 11.5 Å². The first-order valence-electron chi connectivity index (χ1n) is 14.3. The van der Waals surface area contributed by atoms with Crippen LogP contribution in [0.1, 0.15) is 47.1 Å². The maximum absolute atomic E-state index is 13.4. The summed E-state index contributed by atoms with van der Waals surface area (Å²) >= 11 is 0. The largest absolute Gasteiger partial charge is 0.504 e. The van der Waals surface area contributed by atoms with Gasteiger partial charge >= 0.3 is 0 Å². The van der Waals surface area contributed by atoms with Crippen molar-refractivity contribution in [1.29, 1.82) is 0 Å². The molecule has 8 heteroatoms. The molecule has 7 rings (SSSR count). The number of rotatable bonds is 7. The van der Waals surface area contributed by atoms with Gasteiger partial charge in [0.25, 0.3) is 0 Å². The van der Waals surface area contributed by atoms with Gasteiger partial charge in [0.1, 0.15) is 6.10 Å². The highest BCUT2D eigenvalue weighted by atomic mass is 32.2. The van der Waals surface area contributed by atoms with Gasteiger partial charge in [0.05, 0.1) is 22.8 Å². The molecule has 5 atom stereocenters. The molecule has 2 bridgehead atoms. The summed E-state index contributed by atoms with van der Waals surface area (Å²) in [6.07, 6.45) is 2.54. The molecule has 3 aromatic rings. The van der Waals surface area contributed by atoms with Crippen LogP contribution in [-0.4, -0.2) is 60.4 Å². The molecule has 7 nitrogen and oxygen atoms in total. The van der Waals surface area contributed by atoms with Crippen LogP contribution >= 0.6 is 0 Å². The van der Waals surface area contributed by atoms with Crippen LogP contribution in [-0.2, 0) is 34.0 Å². The van der Waals surface area contributed by atoms with Crippen LogP contribution in [0.15, 0.2) is 66.7 Å². The van der Waals surface area contributed by atoms with Gasteiger partial charge in [0.2, 0.25) is 10.0 Å². The minimum Gasteiger partial charge on any atom is -0.504 e. The lowest BCUT2D eigenvalue weighted by atomic mass is 9.48. The molecule has 1 saturated heterocycles. The monoisotopic (exact) mass is 560 g/mol. The summed E-state index contributed by atoms with van der Waals surface area (Å²) in [5, 5.41) is 23.5. The van der Waals surface area contributed by atoms with E-state index in [4.69, 9.17) is 4.74 Å². The summed E-state index contributed by atoms with van der Waals surface area (Å²) in [5.74, 6) is 0.359. The number of aromatic hydroxyl groups is 1. The van der Waals surface area contributed by atoms with Crippen molar-refractivity contribution in [3.05, 3.63) is 94.5 Å². The molecule has 2 heterocycles. The van der Waals surface area contributed by atoms with E-state index >= 15 is 0 Å². The number of hydrogen-bond acceptors (Lipinski definition) is 6. The Hall–Kier alpha value is -2.91. The lowest BCUT2D eigenvalue weighted by Gasteiger charge is -2.64. The number of phenolic OH excluding ortho intramolecular Hbond substituents is 1. The molecular formula is C32H36N2O5S. The van der Waals surface area contributed by atoms with E-state index in [0.29, 0.717) is 31.4 Å². The van der Waals surface area contributed by atoms with E-state index in [0.717, 1.165) is 41.8 Å². The average Bonchev–Trinajstić information content (AvgIpc) is 3.29. The van der Waals surface area contributed by atoms with Crippen LogP contribution in [0.4, 0.5) is 0 Å². The van der Waals surface area contributed by atoms with Crippen LogP contribution in [0, 0.1) is 6.92 Å². The topological polar surface area (TPSA) is 99.1 Å². The highest BCUT2D eigenvalue weighted by Crippen LogP contribution is 2.65. The summed E-state index contributed by atoms with van der Waals surface area (Å²) < 4.78 is 36.4. The van der Waals surface area contributed by atoms with Gasteiger partial charge < -0.3 is 14.9 Å². The summed E-state index contributed by atoms with van der Waals surface area (Å²) in [4.78, 5) is 2.42. The van der Waals surface area contributed by atoms with Crippen molar-refractivity contribution in [3.63, 3.8) is 0 Å². The molecule has 0 amide bonds. The highest BCUT2D eigenvalue weighted by Gasteiger charge is 2.73. The molecular weight excluding hydrogens is 524 g/mol. The number of aryl methyl sites for hydroxylation is 1. The number of nitrogens with one attached hydrogen (secondary N) is 1. The smallest absolute Gasteiger partial charge is 0.216 e. The first kappa shape index (κ1) is 26.0. The van der Waals surface area contributed by atoms with Crippen molar-refractivity contribution >= 4 is 10.0 Å². The molecule has 0 radical (unpaired) electrons. The predicted molar refractivity (Wildman–Crippen MR) is 153 cm³/mol. The van der Waals surface area contributed by atoms with E-state index in [1.807, 2.05) is 43.3 Å². The van der Waals surface area contributed by atoms with Crippen molar-refractivity contribution in [2.24, 2.45) is 0 Å². The second-order valence-corrected chi connectivity index (χ2v) is 13.8. The van der Waals surface area contributed by atoms with E-state index in [1.165, 1.54) is 5.56 Å². The van der Waals surface area contributed by atoms with Crippen LogP contribution in [0.5, 0.6) is 11.5 Å². The third-order valence-electron chi connectivity index (χ3n) is 10.0. The number of aliphatic hydroxyl groups is 1. The zero-order valence-corrected chi connectivity index (χ0v) is 23.5. The van der Waals surface area contributed by atoms with Crippen LogP contribution in [0.25, 0.3) is 0 Å². The molecule has 0 aromatic heterocycles. The lowest BCUT2D eigenvalue weighted by Crippen LogP contribution is -2.78. The molecule has 2 aliphatic carbocycles. The lowest BCUT2D eigenvalue weighted by molar-refractivity contribution is -0.189. The Labute approximate surface area is 235 Å². The molecule has 1 saturated carbocycles. The fourth-order valence-electron chi connectivity index (χ4n) is 8.19. The maximum Gasteiger partial charge on any atom is 0.216 e. The fraction of sp³-hybridized carbons (Fsp3) is 0.438. The molecule has 3 N–H and O–H groups in total. The number of piperidine rings is 1. The number of nitrogens with zero attached hydrogens (tertiary/aromatic N) is 1. The number of sulfonamides is 1. The molecule has 2 aliphatic heterocycles. The first-order valence-corrected chi connectivity index (χ1v) is 15.9. The third-order valence-corrected chi connectivity index (χ3v) is 11.4. The van der Waals surface area contributed by atoms with Crippen molar-refractivity contribution in [1.82, 2.24) is 9.62 Å². The van der Waals surface area contributed by atoms with Crippen LogP contribution < -0.4 is 9.46 Å². The van der Waals surface area contributed by atoms with Crippen molar-refractivity contribution < 1.29 is 23.4 Å². The van der Waals surface area contributed by atoms with E-state index in [1.54, 1.807) is 6.07 Å². The molecule has 40 heavy (non-hydrogen) atoms. The van der Waals surface area contributed by atoms with Gasteiger partial charge in [-0.1, -0.05) is 60.7 Å². The highest BCUT2D eigenvalue weighted by molar-refractivity contribution is 7.88. The summed E-state index contributed by atoms with van der Waals surface area (Å²) in [6, 6.07) is 20.9. The number of phenols is 1. The molecule has 4 aliphatic rings. The minimum atomic E-state index is -3.69. The zero-order chi connectivity index (χ0) is 27.7. The quantitative estimate of drug-likeness (QED) is 0.409. The second-order valence-electron chi connectivity index (χ2n) is 12.1. The van der Waals surface area contributed by atoms with E-state index in [9.17, 15) is 18.6 Å². The SMILES string of the molecule is Cc1ccccc1CS(=O)(=O)N[C@@H]1CC[C@@]2(O)[C@H]3Cc4ccc(O)c5c4[C@@]2(CCN3CCc2ccccc2)[C@H]1O5. The van der Waals surface area contributed by atoms with E-state index < -0.39 is 33.2 Å². The van der Waals surface area contributed by atoms with E-state index in [-0.39, 0.29) is 17.5 Å². The number of benzene rings is 3. The number of ether oxygens (including phenoxy) is 1. The summed E-state index contributed by atoms with van der Waals surface area (Å²) in [6.45, 7) is 3.53. The summed E-state index contributed by atoms with van der Waals surface area (Å²) in [5.41, 5.74) is 3.07. The van der Waals surface area contributed by atoms with Crippen molar-refractivity contribution in [2.45, 2.75) is 74.0 Å². The third kappa shape index (κ3) is 3.84. The fourth-order valence-corrected chi connectivity index (χ4v) is 9.71. The molecule has 0 unspecified atom stereocenters. The van der Waals surface area contributed by atoms with E-state index in [2.05, 4.69) is 33.9 Å². The molecule has 1 spiro atoms. The Morgan fingerprint density at radius 1 is 1.05 bits per heavy atom. The molecule has 2 fully saturated rings. The molecule has 210 valence electrons. The van der Waals surface area contributed by atoms with Gasteiger partial charge in [-0.05, 0) is 73.9 Å². The number of hydrogen-bond donors (Lipinski definition) is 3. The van der Waals surface area contributed by atoms with Gasteiger partial charge in [0, 0.05) is 18.2 Å². The molecule has 3 aromatic carbocycles. The minimum absolute atomic E-state index is 0.0522. The first-order chi connectivity index (χ1) is 19.2. The van der Waals surface area contributed by atoms with Gasteiger partial charge in [-0.2, -0.15) is 0 Å². The van der Waals surface area contributed by atoms with Crippen LogP contribution in [0.3, 0.4) is 0 Å². The summed E-state index contributed by atoms with van der Waals surface area (Å²) in [7, 11) is -3.69. The van der Waals surface area contributed by atoms with Gasteiger partial charge in [-0.15, -0.1) is 0 Å². The van der Waals surface area contributed by atoms with Crippen molar-refractivity contribution in [2.75, 3.05) is 13.1 Å². The second kappa shape index (κ2) is 9.31. The Bertz CT molecular complexity index is 1560.